The molecule has 0 spiro atoms. The monoisotopic (exact) mass is 1550 g/mol. The third-order valence-electron chi connectivity index (χ3n) is 16.1. The van der Waals surface area contributed by atoms with E-state index in [-0.39, 0.29) is 82.0 Å². The highest BCUT2D eigenvalue weighted by molar-refractivity contribution is 6.08. The van der Waals surface area contributed by atoms with E-state index in [2.05, 4.69) is 75.3 Å². The number of carbonyl (C=O) groups excluding carboxylic acids is 7. The van der Waals surface area contributed by atoms with E-state index in [4.69, 9.17) is 57.3 Å². The number of esters is 4. The summed E-state index contributed by atoms with van der Waals surface area (Å²) in [5, 5.41) is 25.6. The molecule has 5 aromatic heterocycles. The number of hydrogen-bond acceptors (Lipinski definition) is 20. The van der Waals surface area contributed by atoms with Crippen molar-refractivity contribution < 1.29 is 106 Å². The van der Waals surface area contributed by atoms with Gasteiger partial charge in [-0.15, -0.1) is 0 Å². The number of methoxy groups -OCH3 is 5. The highest BCUT2D eigenvalue weighted by Gasteiger charge is 2.50. The molecule has 10 rings (SSSR count). The number of aromatic amines is 5. The molecule has 0 aliphatic carbocycles. The second kappa shape index (κ2) is 50.0. The molecular formula is C82H113N7O22. The molecule has 5 heterocycles. The number of aliphatic carboxylic acids is 2. The Bertz CT molecular complexity index is 4450. The number of carboxylic acid groups (broad SMARTS) is 2. The summed E-state index contributed by atoms with van der Waals surface area (Å²) in [6, 6.07) is 30.7. The first kappa shape index (κ1) is 97.2. The molecule has 608 valence electrons. The van der Waals surface area contributed by atoms with Crippen LogP contribution >= 0.6 is 0 Å². The van der Waals surface area contributed by atoms with Gasteiger partial charge >= 0.3 is 35.8 Å². The standard InChI is InChI=1S/C19H24N2O6.C14H15NO5.C13H15NO3.C12H16N2O.C10H18O4.C9H9NO.C3H8.CH2O.CH4.H2O/c1-5-26-17(23)19(21-12(3)22,18(24)27-6-2)10-13-11-20-16-8-7-14(25-4)9-15(13)16;1-14(13(17)18,20-8-16)6-9-7-15-12-4-3-10(19-2)5-11(9)12;1-8(13(15)16)5-9-7-14-12-4-3-10(17-2)6-11(9)12;1-14(2)8-9-7-13-12-5-4-10(15-3)6-11(9)12;1-4-13-9(11)6-8(3)7-10(12)14-5-2;1-11-8-2-3-9-7(6-8)4-5-10-9;1-3-2;1-2;;/h7-9,11,20H,5-6,10H2,1-4H3,(H,21,22);3-5,7-8,15H,6H2,1-2H3,(H,17,18);3-4,6-8,14H,5H2,1-2H3,(H,15,16);4-7,13H,8H2,1-3H3;8H,4-7H2,1-3H3;2-6,10H,1H3;3H2,1-2H3;1H2;1H4;1H2. The average Bonchev–Trinajstić information content (AvgIpc) is 1.77. The molecule has 0 fully saturated rings. The molecule has 10 aromatic rings. The van der Waals surface area contributed by atoms with Crippen LogP contribution in [0.15, 0.2) is 128 Å². The zero-order valence-corrected chi connectivity index (χ0v) is 65.9. The van der Waals surface area contributed by atoms with E-state index < -0.39 is 40.9 Å². The van der Waals surface area contributed by atoms with Crippen LogP contribution in [0.3, 0.4) is 0 Å². The Morgan fingerprint density at radius 3 is 1.23 bits per heavy atom. The molecule has 2 atom stereocenters. The van der Waals surface area contributed by atoms with E-state index in [1.165, 1.54) is 36.6 Å². The van der Waals surface area contributed by atoms with Gasteiger partial charge in [0.05, 0.1) is 67.9 Å². The number of fused-ring (bicyclic) bond motifs is 5. The minimum atomic E-state index is -1.98. The van der Waals surface area contributed by atoms with Crippen molar-refractivity contribution in [3.8, 4) is 28.7 Å². The number of H-pyrrole nitrogens is 5. The lowest BCUT2D eigenvalue weighted by Crippen LogP contribution is -2.62. The van der Waals surface area contributed by atoms with Gasteiger partial charge in [-0.05, 0) is 180 Å². The van der Waals surface area contributed by atoms with E-state index in [0.29, 0.717) is 36.7 Å². The van der Waals surface area contributed by atoms with E-state index in [1.54, 1.807) is 101 Å². The molecule has 1 amide bonds. The Hall–Kier alpha value is -11.9. The number of carbonyl (C=O) groups is 9. The Balaban J connectivity index is 0.000000668. The third kappa shape index (κ3) is 29.9. The van der Waals surface area contributed by atoms with Crippen molar-refractivity contribution in [3.63, 3.8) is 0 Å². The number of ether oxygens (including phenoxy) is 10. The second-order valence-electron chi connectivity index (χ2n) is 25.0. The van der Waals surface area contributed by atoms with Crippen LogP contribution < -0.4 is 29.0 Å². The summed E-state index contributed by atoms with van der Waals surface area (Å²) < 4.78 is 50.3. The Morgan fingerprint density at radius 1 is 0.523 bits per heavy atom. The Morgan fingerprint density at radius 2 is 0.874 bits per heavy atom. The van der Waals surface area contributed by atoms with Crippen LogP contribution in [-0.4, -0.2) is 188 Å². The minimum Gasteiger partial charge on any atom is -0.497 e. The second-order valence-corrected chi connectivity index (χ2v) is 25.0. The summed E-state index contributed by atoms with van der Waals surface area (Å²) in [4.78, 5) is 118. The lowest BCUT2D eigenvalue weighted by molar-refractivity contribution is -0.168. The van der Waals surface area contributed by atoms with Gasteiger partial charge in [0.15, 0.2) is 0 Å². The van der Waals surface area contributed by atoms with Crippen molar-refractivity contribution in [1.29, 1.82) is 0 Å². The third-order valence-corrected chi connectivity index (χ3v) is 16.1. The maximum atomic E-state index is 12.7. The summed E-state index contributed by atoms with van der Waals surface area (Å²) in [5.41, 5.74) is 5.08. The van der Waals surface area contributed by atoms with E-state index in [0.717, 1.165) is 78.7 Å². The molecule has 0 radical (unpaired) electrons. The number of amides is 1. The van der Waals surface area contributed by atoms with E-state index in [1.807, 2.05) is 98.9 Å². The smallest absolute Gasteiger partial charge is 0.348 e. The van der Waals surface area contributed by atoms with E-state index >= 15 is 0 Å². The van der Waals surface area contributed by atoms with Crippen LogP contribution in [0.25, 0.3) is 54.5 Å². The first-order valence-electron chi connectivity index (χ1n) is 35.2. The molecular weight excluding hydrogens is 1430 g/mol. The zero-order chi connectivity index (χ0) is 81.4. The average molecular weight is 1550 g/mol. The summed E-state index contributed by atoms with van der Waals surface area (Å²) >= 11 is 0. The van der Waals surface area contributed by atoms with Crippen molar-refractivity contribution in [3.05, 3.63) is 150 Å². The van der Waals surface area contributed by atoms with Crippen LogP contribution in [0.1, 0.15) is 118 Å². The van der Waals surface area contributed by atoms with Gasteiger partial charge in [0.25, 0.3) is 6.47 Å². The molecule has 29 heteroatoms. The zero-order valence-electron chi connectivity index (χ0n) is 65.9. The Kier molecular flexibility index (Phi) is 43.7. The summed E-state index contributed by atoms with van der Waals surface area (Å²) in [5.74, 6) is -1.29. The summed E-state index contributed by atoms with van der Waals surface area (Å²) in [6.45, 7) is 21.1. The molecule has 0 bridgehead atoms. The molecule has 111 heavy (non-hydrogen) atoms. The quantitative estimate of drug-likeness (QED) is 0.00977. The van der Waals surface area contributed by atoms with Gasteiger partial charge in [-0.2, -0.15) is 0 Å². The van der Waals surface area contributed by atoms with Crippen LogP contribution in [0.2, 0.25) is 0 Å². The number of benzene rings is 5. The van der Waals surface area contributed by atoms with Crippen LogP contribution in [0, 0.1) is 11.8 Å². The molecule has 5 aromatic carbocycles. The molecule has 0 aliphatic rings. The van der Waals surface area contributed by atoms with Crippen molar-refractivity contribution >= 4 is 109 Å². The van der Waals surface area contributed by atoms with Gasteiger partial charge in [-0.1, -0.05) is 41.5 Å². The van der Waals surface area contributed by atoms with Gasteiger partial charge < -0.3 is 103 Å². The first-order valence-corrected chi connectivity index (χ1v) is 35.2. The molecule has 2 unspecified atom stereocenters. The van der Waals surface area contributed by atoms with Crippen molar-refractivity contribution in [2.45, 2.75) is 133 Å². The predicted molar refractivity (Wildman–Crippen MR) is 428 cm³/mol. The minimum absolute atomic E-state index is 0. The summed E-state index contributed by atoms with van der Waals surface area (Å²) in [7, 11) is 12.2. The number of aromatic nitrogens is 5. The van der Waals surface area contributed by atoms with Crippen LogP contribution in [-0.2, 0) is 92.6 Å². The Labute approximate surface area is 647 Å². The van der Waals surface area contributed by atoms with Crippen molar-refractivity contribution in [2.24, 2.45) is 11.8 Å². The molecule has 0 saturated carbocycles. The lowest BCUT2D eigenvalue weighted by Gasteiger charge is -2.29. The van der Waals surface area contributed by atoms with Gasteiger partial charge in [0.1, 0.15) is 35.5 Å². The summed E-state index contributed by atoms with van der Waals surface area (Å²) in [6.07, 6.45) is 11.5. The van der Waals surface area contributed by atoms with Crippen LogP contribution in [0.4, 0.5) is 0 Å². The maximum absolute atomic E-state index is 12.7. The molecule has 0 aliphatic heterocycles. The van der Waals surface area contributed by atoms with Crippen LogP contribution in [0.5, 0.6) is 28.7 Å². The number of rotatable bonds is 28. The SMILES string of the molecule is C.C=O.CCC.CCOC(=O)C(Cc1c[nH]c2ccc(OC)cc12)(NC(C)=O)C(=O)OCC.CCOC(=O)CC(C)CC(=O)OCC.COc1ccc2[nH]cc(CC(C)(OC=O)C(=O)O)c2c1.COc1ccc2[nH]cc(CC(C)C(=O)O)c2c1.COc1ccc2[nH]cc(CN(C)C)c2c1.COc1ccc2[nH]ccc2c1.O. The number of nitrogens with one attached hydrogen (secondary N) is 6. The molecule has 10 N–H and O–H groups in total. The fourth-order valence-electron chi connectivity index (χ4n) is 10.8. The van der Waals surface area contributed by atoms with Gasteiger partial charge in [-0.25, -0.2) is 14.4 Å². The first-order chi connectivity index (χ1) is 52.1. The maximum Gasteiger partial charge on any atom is 0.348 e. The fraction of sp³-hybridized carbons (Fsp3) is 0.402. The molecule has 0 saturated heterocycles. The highest BCUT2D eigenvalue weighted by Crippen LogP contribution is 2.32. The number of nitrogens with zero attached hydrogens (tertiary/aromatic N) is 1. The highest BCUT2D eigenvalue weighted by atomic mass is 16.6. The lowest BCUT2D eigenvalue weighted by atomic mass is 9.90. The van der Waals surface area contributed by atoms with E-state index in [9.17, 15) is 43.5 Å². The molecule has 29 nitrogen and oxygen atoms in total. The topological polar surface area (TPSA) is 412 Å². The normalized spacial score (nSPS) is 11.1. The van der Waals surface area contributed by atoms with Gasteiger partial charge in [-0.3, -0.25) is 24.0 Å². The van der Waals surface area contributed by atoms with Gasteiger partial charge in [0, 0.05) is 125 Å². The predicted octanol–water partition coefficient (Wildman–Crippen LogP) is 12.9. The fourth-order valence-corrected chi connectivity index (χ4v) is 10.8. The van der Waals surface area contributed by atoms with Crippen molar-refractivity contribution in [2.75, 3.05) is 76.1 Å². The number of carboxylic acids is 2. The largest absolute Gasteiger partial charge is 0.497 e. The van der Waals surface area contributed by atoms with Crippen molar-refractivity contribution in [1.82, 2.24) is 35.1 Å². The number of hydrogen-bond donors (Lipinski definition) is 8. The van der Waals surface area contributed by atoms with Gasteiger partial charge in [0.2, 0.25) is 17.0 Å².